The lowest BCUT2D eigenvalue weighted by atomic mass is 9.99. The van der Waals surface area contributed by atoms with Crippen molar-refractivity contribution in [3.8, 4) is 28.5 Å². The normalized spacial score (nSPS) is 18.9. The number of pyridine rings is 2. The highest BCUT2D eigenvalue weighted by Gasteiger charge is 2.35. The summed E-state index contributed by atoms with van der Waals surface area (Å²) in [6.07, 6.45) is 4.54. The van der Waals surface area contributed by atoms with Crippen LogP contribution in [0.25, 0.3) is 11.1 Å². The number of ether oxygens (including phenoxy) is 3. The van der Waals surface area contributed by atoms with Gasteiger partial charge in [-0.05, 0) is 31.2 Å². The molecule has 2 aliphatic heterocycles. The molecule has 11 heteroatoms. The molecule has 0 spiro atoms. The molecule has 11 nitrogen and oxygen atoms in total. The molecule has 2 N–H and O–H groups in total. The Morgan fingerprint density at radius 1 is 1.21 bits per heavy atom. The van der Waals surface area contributed by atoms with Crippen LogP contribution < -0.4 is 19.5 Å². The Morgan fingerprint density at radius 3 is 2.79 bits per heavy atom. The molecule has 3 aromatic rings. The minimum atomic E-state index is -0.477. The topological polar surface area (TPSA) is 126 Å². The van der Waals surface area contributed by atoms with Gasteiger partial charge in [0.1, 0.15) is 11.7 Å². The van der Waals surface area contributed by atoms with E-state index in [2.05, 4.69) is 15.3 Å². The fraction of sp³-hybridized carbons (Fsp3) is 0.357. The number of aliphatic hydroxyl groups is 1. The van der Waals surface area contributed by atoms with Crippen LogP contribution in [0.15, 0.2) is 55.0 Å². The Labute approximate surface area is 226 Å². The van der Waals surface area contributed by atoms with Crippen LogP contribution in [0.4, 0.5) is 10.5 Å². The zero-order valence-corrected chi connectivity index (χ0v) is 22.0. The van der Waals surface area contributed by atoms with Crippen molar-refractivity contribution in [1.29, 1.82) is 0 Å². The number of hydrogen-bond acceptors (Lipinski definition) is 8. The number of aliphatic hydroxyl groups excluding tert-OH is 1. The number of rotatable bonds is 6. The van der Waals surface area contributed by atoms with Crippen molar-refractivity contribution in [3.05, 3.63) is 60.6 Å². The molecule has 3 atom stereocenters. The molecule has 0 saturated carbocycles. The number of benzene rings is 1. The summed E-state index contributed by atoms with van der Waals surface area (Å²) >= 11 is 0. The van der Waals surface area contributed by atoms with E-state index in [1.165, 1.54) is 4.90 Å². The summed E-state index contributed by atoms with van der Waals surface area (Å²) in [6.45, 7) is 4.28. The molecule has 0 saturated heterocycles. The van der Waals surface area contributed by atoms with Crippen LogP contribution in [-0.4, -0.2) is 82.5 Å². The van der Waals surface area contributed by atoms with Gasteiger partial charge in [-0.2, -0.15) is 0 Å². The highest BCUT2D eigenvalue weighted by molar-refractivity contribution is 5.98. The smallest absolute Gasteiger partial charge is 0.321 e. The molecule has 5 rings (SSSR count). The summed E-state index contributed by atoms with van der Waals surface area (Å²) in [5.74, 6) is 0.945. The molecule has 3 amide bonds. The first-order chi connectivity index (χ1) is 18.8. The van der Waals surface area contributed by atoms with Gasteiger partial charge in [0.05, 0.1) is 19.2 Å². The molecule has 4 heterocycles. The van der Waals surface area contributed by atoms with E-state index in [4.69, 9.17) is 14.2 Å². The SMILES string of the molecule is C[C@H](CO)N1C[C@H](C)[C@H](CN(C)C(=O)Nc2ccc3c(c2)OCO3)Oc2ncc(-c3cccnc3)cc2C1=O. The fourth-order valence-electron chi connectivity index (χ4n) is 4.56. The minimum Gasteiger partial charge on any atom is -0.472 e. The molecule has 0 radical (unpaired) electrons. The maximum Gasteiger partial charge on any atom is 0.321 e. The lowest BCUT2D eigenvalue weighted by molar-refractivity contribution is 0.0356. The average molecular weight is 534 g/mol. The molecule has 2 aliphatic rings. The van der Waals surface area contributed by atoms with Crippen LogP contribution in [0.2, 0.25) is 0 Å². The van der Waals surface area contributed by atoms with E-state index in [0.717, 1.165) is 11.1 Å². The Morgan fingerprint density at radius 2 is 2.03 bits per heavy atom. The minimum absolute atomic E-state index is 0.150. The number of carbonyl (C=O) groups is 2. The van der Waals surface area contributed by atoms with Gasteiger partial charge in [-0.1, -0.05) is 13.0 Å². The maximum absolute atomic E-state index is 13.6. The summed E-state index contributed by atoms with van der Waals surface area (Å²) in [7, 11) is 1.68. The molecule has 1 aromatic carbocycles. The average Bonchev–Trinajstić information content (AvgIpc) is 3.42. The molecule has 0 aliphatic carbocycles. The maximum atomic E-state index is 13.6. The van der Waals surface area contributed by atoms with Crippen molar-refractivity contribution in [3.63, 3.8) is 0 Å². The van der Waals surface area contributed by atoms with Gasteiger partial charge >= 0.3 is 6.03 Å². The number of amides is 3. The number of carbonyl (C=O) groups excluding carboxylic acids is 2. The van der Waals surface area contributed by atoms with E-state index >= 15 is 0 Å². The second-order valence-corrected chi connectivity index (χ2v) is 9.82. The molecule has 0 fully saturated rings. The Hall–Kier alpha value is -4.38. The molecular formula is C28H31N5O6. The number of nitrogens with zero attached hydrogens (tertiary/aromatic N) is 4. The number of aromatic nitrogens is 2. The van der Waals surface area contributed by atoms with Crippen molar-refractivity contribution >= 4 is 17.6 Å². The molecule has 2 aromatic heterocycles. The van der Waals surface area contributed by atoms with Crippen molar-refractivity contribution in [2.24, 2.45) is 5.92 Å². The van der Waals surface area contributed by atoms with Crippen LogP contribution in [-0.2, 0) is 0 Å². The monoisotopic (exact) mass is 533 g/mol. The molecular weight excluding hydrogens is 502 g/mol. The fourth-order valence-corrected chi connectivity index (χ4v) is 4.56. The lowest BCUT2D eigenvalue weighted by Gasteiger charge is -2.37. The zero-order chi connectivity index (χ0) is 27.5. The third-order valence-electron chi connectivity index (χ3n) is 6.94. The second kappa shape index (κ2) is 11.2. The first kappa shape index (κ1) is 26.2. The highest BCUT2D eigenvalue weighted by atomic mass is 16.7. The van der Waals surface area contributed by atoms with Crippen LogP contribution in [0.1, 0.15) is 24.2 Å². The largest absolute Gasteiger partial charge is 0.472 e. The lowest BCUT2D eigenvalue weighted by Crippen LogP contribution is -2.50. The molecule has 0 bridgehead atoms. The Bertz CT molecular complexity index is 1350. The first-order valence-electron chi connectivity index (χ1n) is 12.7. The zero-order valence-electron chi connectivity index (χ0n) is 22.0. The predicted molar refractivity (Wildman–Crippen MR) is 143 cm³/mol. The van der Waals surface area contributed by atoms with Crippen LogP contribution in [0.3, 0.4) is 0 Å². The summed E-state index contributed by atoms with van der Waals surface area (Å²) < 4.78 is 17.0. The summed E-state index contributed by atoms with van der Waals surface area (Å²) in [6, 6.07) is 9.89. The second-order valence-electron chi connectivity index (χ2n) is 9.82. The Kier molecular flexibility index (Phi) is 7.51. The summed E-state index contributed by atoms with van der Waals surface area (Å²) in [4.78, 5) is 38.5. The summed E-state index contributed by atoms with van der Waals surface area (Å²) in [5.41, 5.74) is 2.40. The van der Waals surface area contributed by atoms with Crippen LogP contribution >= 0.6 is 0 Å². The van der Waals surface area contributed by atoms with E-state index < -0.39 is 12.1 Å². The van der Waals surface area contributed by atoms with E-state index in [0.29, 0.717) is 29.3 Å². The van der Waals surface area contributed by atoms with Gasteiger partial charge in [0.15, 0.2) is 11.5 Å². The quantitative estimate of drug-likeness (QED) is 0.495. The van der Waals surface area contributed by atoms with Crippen LogP contribution in [0, 0.1) is 5.92 Å². The van der Waals surface area contributed by atoms with Crippen molar-refractivity contribution in [2.45, 2.75) is 26.0 Å². The van der Waals surface area contributed by atoms with E-state index in [1.807, 2.05) is 19.1 Å². The van der Waals surface area contributed by atoms with Gasteiger partial charge in [-0.3, -0.25) is 9.78 Å². The number of urea groups is 1. The first-order valence-corrected chi connectivity index (χ1v) is 12.7. The van der Waals surface area contributed by atoms with Crippen molar-refractivity contribution in [2.75, 3.05) is 38.9 Å². The van der Waals surface area contributed by atoms with E-state index in [1.54, 1.807) is 61.7 Å². The van der Waals surface area contributed by atoms with Gasteiger partial charge in [0.2, 0.25) is 12.7 Å². The number of fused-ring (bicyclic) bond motifs is 2. The van der Waals surface area contributed by atoms with Gasteiger partial charge in [-0.15, -0.1) is 0 Å². The standard InChI is InChI=1S/C28H31N5O6/c1-17-13-33(18(2)15-34)27(35)22-9-20(19-5-4-8-29-11-19)12-30-26(22)39-25(17)14-32(3)28(36)31-21-6-7-23-24(10-21)38-16-37-23/h4-12,17-18,25,34H,13-16H2,1-3H3,(H,31,36)/t17-,18+,25-/m0/s1. The molecule has 204 valence electrons. The number of likely N-dealkylation sites (N-methyl/N-ethyl adjacent to an activating group) is 1. The number of hydrogen-bond donors (Lipinski definition) is 2. The van der Waals surface area contributed by atoms with Crippen molar-refractivity contribution in [1.82, 2.24) is 19.8 Å². The van der Waals surface area contributed by atoms with Gasteiger partial charge in [-0.25, -0.2) is 9.78 Å². The third kappa shape index (κ3) is 5.58. The van der Waals surface area contributed by atoms with E-state index in [-0.39, 0.29) is 43.7 Å². The molecule has 0 unspecified atom stereocenters. The van der Waals surface area contributed by atoms with Crippen LogP contribution in [0.5, 0.6) is 17.4 Å². The number of anilines is 1. The Balaban J connectivity index is 1.38. The summed E-state index contributed by atoms with van der Waals surface area (Å²) in [5, 5.41) is 12.8. The van der Waals surface area contributed by atoms with Crippen molar-refractivity contribution < 1.29 is 28.9 Å². The van der Waals surface area contributed by atoms with Gasteiger partial charge < -0.3 is 34.4 Å². The van der Waals surface area contributed by atoms with E-state index in [9.17, 15) is 14.7 Å². The van der Waals surface area contributed by atoms with Gasteiger partial charge in [0, 0.05) is 61.0 Å². The van der Waals surface area contributed by atoms with Gasteiger partial charge in [0.25, 0.3) is 5.91 Å². The molecule has 39 heavy (non-hydrogen) atoms. The third-order valence-corrected chi connectivity index (χ3v) is 6.94. The predicted octanol–water partition coefficient (Wildman–Crippen LogP) is 3.26. The number of nitrogens with one attached hydrogen (secondary N) is 1. The highest BCUT2D eigenvalue weighted by Crippen LogP contribution is 2.34.